The van der Waals surface area contributed by atoms with Gasteiger partial charge in [-0.3, -0.25) is 4.79 Å². The highest BCUT2D eigenvalue weighted by Gasteiger charge is 2.46. The van der Waals surface area contributed by atoms with Crippen LogP contribution in [0.3, 0.4) is 0 Å². The molecule has 1 aromatic rings. The van der Waals surface area contributed by atoms with E-state index in [-0.39, 0.29) is 17.7 Å². The molecule has 1 unspecified atom stereocenters. The molecule has 0 aromatic heterocycles. The number of benzene rings is 1. The van der Waals surface area contributed by atoms with Gasteiger partial charge in [-0.05, 0) is 67.2 Å². The summed E-state index contributed by atoms with van der Waals surface area (Å²) in [6.07, 6.45) is -0.102. The Morgan fingerprint density at radius 1 is 1.07 bits per heavy atom. The van der Waals surface area contributed by atoms with Gasteiger partial charge in [0.25, 0.3) is 10.0 Å². The van der Waals surface area contributed by atoms with Gasteiger partial charge in [0.15, 0.2) is 5.37 Å². The van der Waals surface area contributed by atoms with E-state index in [1.54, 1.807) is 0 Å². The van der Waals surface area contributed by atoms with E-state index in [0.717, 1.165) is 60.8 Å². The van der Waals surface area contributed by atoms with Crippen molar-refractivity contribution in [1.82, 2.24) is 9.62 Å². The predicted molar refractivity (Wildman–Crippen MR) is 102 cm³/mol. The van der Waals surface area contributed by atoms with E-state index in [2.05, 4.69) is 11.4 Å². The first kappa shape index (κ1) is 21.0. The third-order valence-corrected chi connectivity index (χ3v) is 7.60. The standard InChI is InChI=1S/C19H22F3N3O4S/c20-19(21,22)10-25-15(26)7-8-16(25)30(28,29)24-18(27)23-17-13-5-1-3-11(13)9-12-4-2-6-14(12)17/h9,16H,1-8,10H2,(H2,23,24,27). The van der Waals surface area contributed by atoms with Crippen LogP contribution in [0.15, 0.2) is 6.07 Å². The van der Waals surface area contributed by atoms with Gasteiger partial charge in [0, 0.05) is 12.1 Å². The van der Waals surface area contributed by atoms with Crippen LogP contribution in [-0.2, 0) is 40.5 Å². The molecule has 3 amide bonds. The minimum Gasteiger partial charge on any atom is -0.315 e. The molecular formula is C19H22F3N3O4S. The second-order valence-electron chi connectivity index (χ2n) is 7.97. The van der Waals surface area contributed by atoms with Crippen LogP contribution in [0.2, 0.25) is 0 Å². The molecule has 30 heavy (non-hydrogen) atoms. The van der Waals surface area contributed by atoms with Gasteiger partial charge in [-0.15, -0.1) is 0 Å². The van der Waals surface area contributed by atoms with Gasteiger partial charge in [-0.1, -0.05) is 6.07 Å². The first-order valence-corrected chi connectivity index (χ1v) is 11.4. The Balaban J connectivity index is 1.53. The number of likely N-dealkylation sites (tertiary alicyclic amines) is 1. The number of hydrogen-bond donors (Lipinski definition) is 2. The molecule has 1 fully saturated rings. The summed E-state index contributed by atoms with van der Waals surface area (Å²) in [4.78, 5) is 24.6. The molecule has 1 aliphatic heterocycles. The lowest BCUT2D eigenvalue weighted by Crippen LogP contribution is -2.49. The molecule has 11 heteroatoms. The zero-order valence-electron chi connectivity index (χ0n) is 16.1. The number of carbonyl (C=O) groups is 2. The molecule has 1 atom stereocenters. The van der Waals surface area contributed by atoms with Crippen molar-refractivity contribution in [3.05, 3.63) is 28.3 Å². The van der Waals surface area contributed by atoms with E-state index >= 15 is 0 Å². The molecular weight excluding hydrogens is 423 g/mol. The first-order chi connectivity index (χ1) is 14.0. The lowest BCUT2D eigenvalue weighted by atomic mass is 9.99. The zero-order valence-corrected chi connectivity index (χ0v) is 17.0. The van der Waals surface area contributed by atoms with Crippen LogP contribution in [0.5, 0.6) is 0 Å². The number of amides is 3. The Hall–Kier alpha value is -2.30. The Morgan fingerprint density at radius 3 is 2.23 bits per heavy atom. The van der Waals surface area contributed by atoms with Crippen molar-refractivity contribution in [3.8, 4) is 0 Å². The molecule has 1 saturated heterocycles. The van der Waals surface area contributed by atoms with Crippen LogP contribution in [0.4, 0.5) is 23.7 Å². The lowest BCUT2D eigenvalue weighted by Gasteiger charge is -2.26. The van der Waals surface area contributed by atoms with Crippen molar-refractivity contribution in [2.24, 2.45) is 0 Å². The van der Waals surface area contributed by atoms with Crippen molar-refractivity contribution >= 4 is 27.6 Å². The van der Waals surface area contributed by atoms with Gasteiger partial charge < -0.3 is 10.2 Å². The van der Waals surface area contributed by atoms with Gasteiger partial charge in [-0.2, -0.15) is 13.2 Å². The van der Waals surface area contributed by atoms with E-state index in [0.29, 0.717) is 5.69 Å². The number of rotatable bonds is 4. The summed E-state index contributed by atoms with van der Waals surface area (Å²) in [5.74, 6) is -0.901. The summed E-state index contributed by atoms with van der Waals surface area (Å²) in [6.45, 7) is -1.67. The van der Waals surface area contributed by atoms with E-state index in [1.807, 2.05) is 4.72 Å². The van der Waals surface area contributed by atoms with Crippen LogP contribution in [0.25, 0.3) is 0 Å². The highest BCUT2D eigenvalue weighted by Crippen LogP contribution is 2.38. The number of hydrogen-bond acceptors (Lipinski definition) is 4. The van der Waals surface area contributed by atoms with Crippen LogP contribution >= 0.6 is 0 Å². The largest absolute Gasteiger partial charge is 0.406 e. The fraction of sp³-hybridized carbons (Fsp3) is 0.579. The zero-order chi connectivity index (χ0) is 21.7. The van der Waals surface area contributed by atoms with E-state index in [4.69, 9.17) is 0 Å². The summed E-state index contributed by atoms with van der Waals surface area (Å²) in [5.41, 5.74) is 4.91. The summed E-state index contributed by atoms with van der Waals surface area (Å²) in [5, 5.41) is 0.910. The van der Waals surface area contributed by atoms with E-state index < -0.39 is 40.1 Å². The van der Waals surface area contributed by atoms with Crippen LogP contribution < -0.4 is 10.0 Å². The molecule has 0 radical (unpaired) electrons. The number of urea groups is 1. The third-order valence-electron chi connectivity index (χ3n) is 5.93. The van der Waals surface area contributed by atoms with E-state index in [9.17, 15) is 31.2 Å². The number of sulfonamides is 1. The molecule has 2 N–H and O–H groups in total. The maximum Gasteiger partial charge on any atom is 0.406 e. The van der Waals surface area contributed by atoms with Gasteiger partial charge in [-0.25, -0.2) is 17.9 Å². The second-order valence-corrected chi connectivity index (χ2v) is 9.80. The maximum absolute atomic E-state index is 12.8. The van der Waals surface area contributed by atoms with Gasteiger partial charge in [0.05, 0.1) is 0 Å². The number of alkyl halides is 3. The number of fused-ring (bicyclic) bond motifs is 2. The number of anilines is 1. The van der Waals surface area contributed by atoms with Crippen molar-refractivity contribution in [3.63, 3.8) is 0 Å². The fourth-order valence-corrected chi connectivity index (χ4v) is 6.12. The van der Waals surface area contributed by atoms with Crippen molar-refractivity contribution in [2.75, 3.05) is 11.9 Å². The van der Waals surface area contributed by atoms with Crippen LogP contribution in [-0.4, -0.2) is 43.4 Å². The van der Waals surface area contributed by atoms with Crippen molar-refractivity contribution in [1.29, 1.82) is 0 Å². The maximum atomic E-state index is 12.8. The monoisotopic (exact) mass is 445 g/mol. The SMILES string of the molecule is O=C(Nc1c2c(cc3c1CCC3)CCC2)NS(=O)(=O)C1CCC(=O)N1CC(F)(F)F. The lowest BCUT2D eigenvalue weighted by molar-refractivity contribution is -0.158. The van der Waals surface area contributed by atoms with Gasteiger partial charge in [0.2, 0.25) is 5.91 Å². The average Bonchev–Trinajstić information content (AvgIpc) is 3.33. The summed E-state index contributed by atoms with van der Waals surface area (Å²) >= 11 is 0. The normalized spacial score (nSPS) is 21.0. The minimum atomic E-state index is -4.73. The van der Waals surface area contributed by atoms with Crippen LogP contribution in [0, 0.1) is 0 Å². The Bertz CT molecular complexity index is 975. The molecule has 0 saturated carbocycles. The predicted octanol–water partition coefficient (Wildman–Crippen LogP) is 2.63. The first-order valence-electron chi connectivity index (χ1n) is 9.90. The number of carbonyl (C=O) groups excluding carboxylic acids is 2. The number of aryl methyl sites for hydroxylation is 2. The van der Waals surface area contributed by atoms with Crippen molar-refractivity contribution in [2.45, 2.75) is 62.9 Å². The third kappa shape index (κ3) is 3.99. The van der Waals surface area contributed by atoms with Gasteiger partial charge in [0.1, 0.15) is 6.54 Å². The topological polar surface area (TPSA) is 95.6 Å². The molecule has 0 bridgehead atoms. The molecule has 164 valence electrons. The summed E-state index contributed by atoms with van der Waals surface area (Å²) < 4.78 is 65.3. The fourth-order valence-electron chi connectivity index (χ4n) is 4.72. The number of nitrogens with one attached hydrogen (secondary N) is 2. The Kier molecular flexibility index (Phi) is 5.19. The smallest absolute Gasteiger partial charge is 0.315 e. The molecule has 1 heterocycles. The average molecular weight is 445 g/mol. The molecule has 3 aliphatic rings. The van der Waals surface area contributed by atoms with Gasteiger partial charge >= 0.3 is 12.2 Å². The summed E-state index contributed by atoms with van der Waals surface area (Å²) in [7, 11) is -4.52. The summed E-state index contributed by atoms with van der Waals surface area (Å²) in [6, 6.07) is 1.14. The highest BCUT2D eigenvalue weighted by molar-refractivity contribution is 7.90. The molecule has 1 aromatic carbocycles. The number of nitrogens with zero attached hydrogens (tertiary/aromatic N) is 1. The van der Waals surface area contributed by atoms with E-state index in [1.165, 1.54) is 0 Å². The van der Waals surface area contributed by atoms with Crippen molar-refractivity contribution < 1.29 is 31.2 Å². The second kappa shape index (κ2) is 7.44. The number of halogens is 3. The Morgan fingerprint density at radius 2 is 1.67 bits per heavy atom. The molecule has 7 nitrogen and oxygen atoms in total. The molecule has 0 spiro atoms. The molecule has 4 rings (SSSR count). The highest BCUT2D eigenvalue weighted by atomic mass is 32.2. The Labute approximate surface area is 172 Å². The quantitative estimate of drug-likeness (QED) is 0.745. The minimum absolute atomic E-state index is 0.271. The van der Waals surface area contributed by atoms with Crippen LogP contribution in [0.1, 0.15) is 47.9 Å². The molecule has 2 aliphatic carbocycles.